The molecule has 7 heteroatoms. The van der Waals surface area contributed by atoms with Crippen LogP contribution >= 0.6 is 11.6 Å². The van der Waals surface area contributed by atoms with Crippen LogP contribution in [-0.4, -0.2) is 20.7 Å². The largest absolute Gasteiger partial charge is 0.309 e. The van der Waals surface area contributed by atoms with Gasteiger partial charge in [0, 0.05) is 24.8 Å². The molecule has 0 fully saturated rings. The summed E-state index contributed by atoms with van der Waals surface area (Å²) in [7, 11) is 0. The summed E-state index contributed by atoms with van der Waals surface area (Å²) in [6.07, 6.45) is 1.80. The van der Waals surface area contributed by atoms with Gasteiger partial charge in [0.15, 0.2) is 0 Å². The SMILES string of the molecule is CC(C)NCc1ccn(-c2ccc([N+](=O)[O-])c(Cl)c2)n1. The van der Waals surface area contributed by atoms with Crippen LogP contribution in [0.3, 0.4) is 0 Å². The van der Waals surface area contributed by atoms with Crippen molar-refractivity contribution in [2.75, 3.05) is 0 Å². The lowest BCUT2D eigenvalue weighted by Gasteiger charge is -2.05. The summed E-state index contributed by atoms with van der Waals surface area (Å²) in [6, 6.07) is 6.81. The first-order valence-electron chi connectivity index (χ1n) is 6.19. The number of benzene rings is 1. The number of aromatic nitrogens is 2. The minimum atomic E-state index is -0.507. The Morgan fingerprint density at radius 2 is 2.20 bits per heavy atom. The van der Waals surface area contributed by atoms with E-state index in [4.69, 9.17) is 11.6 Å². The fourth-order valence-corrected chi connectivity index (χ4v) is 1.94. The molecule has 0 amide bonds. The van der Waals surface area contributed by atoms with Gasteiger partial charge in [-0.05, 0) is 18.2 Å². The maximum absolute atomic E-state index is 10.7. The lowest BCUT2D eigenvalue weighted by Crippen LogP contribution is -2.22. The lowest BCUT2D eigenvalue weighted by atomic mass is 10.3. The molecular weight excluding hydrogens is 280 g/mol. The molecule has 106 valence electrons. The summed E-state index contributed by atoms with van der Waals surface area (Å²) in [5, 5.41) is 18.5. The number of rotatable bonds is 5. The van der Waals surface area contributed by atoms with Crippen molar-refractivity contribution in [3.05, 3.63) is 51.3 Å². The third-order valence-corrected chi connectivity index (χ3v) is 3.03. The summed E-state index contributed by atoms with van der Waals surface area (Å²) < 4.78 is 1.65. The predicted molar refractivity (Wildman–Crippen MR) is 77.2 cm³/mol. The van der Waals surface area contributed by atoms with Crippen molar-refractivity contribution in [2.45, 2.75) is 26.4 Å². The van der Waals surface area contributed by atoms with Crippen LogP contribution in [0.2, 0.25) is 5.02 Å². The molecule has 0 aliphatic heterocycles. The Kier molecular flexibility index (Phi) is 4.36. The van der Waals surface area contributed by atoms with E-state index in [1.165, 1.54) is 12.1 Å². The molecule has 0 bridgehead atoms. The van der Waals surface area contributed by atoms with Gasteiger partial charge in [0.25, 0.3) is 5.69 Å². The molecule has 0 aliphatic rings. The molecule has 1 heterocycles. The van der Waals surface area contributed by atoms with Gasteiger partial charge in [-0.15, -0.1) is 0 Å². The average Bonchev–Trinajstić information content (AvgIpc) is 2.84. The molecule has 6 nitrogen and oxygen atoms in total. The number of nitrogens with one attached hydrogen (secondary N) is 1. The fourth-order valence-electron chi connectivity index (χ4n) is 1.69. The molecule has 0 atom stereocenters. The predicted octanol–water partition coefficient (Wildman–Crippen LogP) is 2.93. The average molecular weight is 295 g/mol. The number of nitro benzene ring substituents is 1. The van der Waals surface area contributed by atoms with Gasteiger partial charge in [0.2, 0.25) is 0 Å². The quantitative estimate of drug-likeness (QED) is 0.680. The number of halogens is 1. The summed E-state index contributed by atoms with van der Waals surface area (Å²) in [5.74, 6) is 0. The van der Waals surface area contributed by atoms with Gasteiger partial charge >= 0.3 is 0 Å². The topological polar surface area (TPSA) is 73.0 Å². The third kappa shape index (κ3) is 3.34. The van der Waals surface area contributed by atoms with E-state index in [-0.39, 0.29) is 10.7 Å². The Balaban J connectivity index is 2.20. The molecule has 2 aromatic rings. The second-order valence-corrected chi connectivity index (χ2v) is 5.09. The lowest BCUT2D eigenvalue weighted by molar-refractivity contribution is -0.384. The van der Waals surface area contributed by atoms with Crippen molar-refractivity contribution in [1.82, 2.24) is 15.1 Å². The second-order valence-electron chi connectivity index (χ2n) is 4.68. The minimum Gasteiger partial charge on any atom is -0.309 e. The zero-order valence-electron chi connectivity index (χ0n) is 11.2. The van der Waals surface area contributed by atoms with Crippen LogP contribution in [0.25, 0.3) is 5.69 Å². The number of hydrogen-bond acceptors (Lipinski definition) is 4. The van der Waals surface area contributed by atoms with Crippen molar-refractivity contribution in [2.24, 2.45) is 0 Å². The first kappa shape index (κ1) is 14.5. The second kappa shape index (κ2) is 6.02. The molecule has 0 unspecified atom stereocenters. The zero-order chi connectivity index (χ0) is 14.7. The Morgan fingerprint density at radius 3 is 2.80 bits per heavy atom. The summed E-state index contributed by atoms with van der Waals surface area (Å²) >= 11 is 5.89. The molecule has 0 saturated heterocycles. The Labute approximate surface area is 121 Å². The van der Waals surface area contributed by atoms with E-state index in [0.29, 0.717) is 18.3 Å². The number of nitrogens with zero attached hydrogens (tertiary/aromatic N) is 3. The molecule has 20 heavy (non-hydrogen) atoms. The number of hydrogen-bond donors (Lipinski definition) is 1. The van der Waals surface area contributed by atoms with E-state index in [2.05, 4.69) is 24.3 Å². The number of nitro groups is 1. The van der Waals surface area contributed by atoms with Crippen LogP contribution in [0, 0.1) is 10.1 Å². The first-order valence-corrected chi connectivity index (χ1v) is 6.57. The third-order valence-electron chi connectivity index (χ3n) is 2.73. The molecule has 0 aliphatic carbocycles. The van der Waals surface area contributed by atoms with E-state index in [1.54, 1.807) is 16.9 Å². The van der Waals surface area contributed by atoms with E-state index < -0.39 is 4.92 Å². The Morgan fingerprint density at radius 1 is 1.45 bits per heavy atom. The van der Waals surface area contributed by atoms with Gasteiger partial charge in [0.1, 0.15) is 5.02 Å². The fraction of sp³-hybridized carbons (Fsp3) is 0.308. The summed E-state index contributed by atoms with van der Waals surface area (Å²) in [5.41, 5.74) is 1.48. The van der Waals surface area contributed by atoms with Crippen molar-refractivity contribution in [3.63, 3.8) is 0 Å². The Hall–Kier alpha value is -1.92. The molecule has 0 saturated carbocycles. The minimum absolute atomic E-state index is 0.102. The maximum atomic E-state index is 10.7. The van der Waals surface area contributed by atoms with Crippen LogP contribution in [0.1, 0.15) is 19.5 Å². The van der Waals surface area contributed by atoms with Gasteiger partial charge in [-0.25, -0.2) is 4.68 Å². The van der Waals surface area contributed by atoms with E-state index in [9.17, 15) is 10.1 Å². The monoisotopic (exact) mass is 294 g/mol. The molecular formula is C13H15ClN4O2. The van der Waals surface area contributed by atoms with Crippen molar-refractivity contribution < 1.29 is 4.92 Å². The van der Waals surface area contributed by atoms with Gasteiger partial charge < -0.3 is 5.32 Å². The highest BCUT2D eigenvalue weighted by Crippen LogP contribution is 2.26. The molecule has 0 spiro atoms. The van der Waals surface area contributed by atoms with Crippen LogP contribution < -0.4 is 5.32 Å². The molecule has 1 aromatic carbocycles. The first-order chi connectivity index (χ1) is 9.47. The highest BCUT2D eigenvalue weighted by atomic mass is 35.5. The Bertz CT molecular complexity index is 625. The highest BCUT2D eigenvalue weighted by Gasteiger charge is 2.13. The molecule has 1 N–H and O–H groups in total. The van der Waals surface area contributed by atoms with E-state index in [1.807, 2.05) is 6.07 Å². The van der Waals surface area contributed by atoms with Gasteiger partial charge in [-0.3, -0.25) is 10.1 Å². The zero-order valence-corrected chi connectivity index (χ0v) is 12.0. The van der Waals surface area contributed by atoms with E-state index >= 15 is 0 Å². The maximum Gasteiger partial charge on any atom is 0.288 e. The summed E-state index contributed by atoms with van der Waals surface area (Å²) in [4.78, 5) is 10.2. The normalized spacial score (nSPS) is 11.0. The molecule has 2 rings (SSSR count). The molecule has 0 radical (unpaired) electrons. The van der Waals surface area contributed by atoms with Crippen LogP contribution in [-0.2, 0) is 6.54 Å². The van der Waals surface area contributed by atoms with Gasteiger partial charge in [-0.2, -0.15) is 5.10 Å². The standard InChI is InChI=1S/C13H15ClN4O2/c1-9(2)15-8-10-5-6-17(16-10)11-3-4-13(18(19)20)12(14)7-11/h3-7,9,15H,8H2,1-2H3. The van der Waals surface area contributed by atoms with Gasteiger partial charge in [0.05, 0.1) is 16.3 Å². The van der Waals surface area contributed by atoms with Crippen LogP contribution in [0.4, 0.5) is 5.69 Å². The van der Waals surface area contributed by atoms with E-state index in [0.717, 1.165) is 5.69 Å². The van der Waals surface area contributed by atoms with Crippen LogP contribution in [0.5, 0.6) is 0 Å². The smallest absolute Gasteiger partial charge is 0.288 e. The van der Waals surface area contributed by atoms with Crippen molar-refractivity contribution >= 4 is 17.3 Å². The highest BCUT2D eigenvalue weighted by molar-refractivity contribution is 6.32. The van der Waals surface area contributed by atoms with Crippen molar-refractivity contribution in [3.8, 4) is 5.69 Å². The van der Waals surface area contributed by atoms with Crippen LogP contribution in [0.15, 0.2) is 30.5 Å². The van der Waals surface area contributed by atoms with Crippen molar-refractivity contribution in [1.29, 1.82) is 0 Å². The van der Waals surface area contributed by atoms with Gasteiger partial charge in [-0.1, -0.05) is 25.4 Å². The molecule has 1 aromatic heterocycles. The summed E-state index contributed by atoms with van der Waals surface area (Å²) in [6.45, 7) is 4.80.